The van der Waals surface area contributed by atoms with E-state index in [4.69, 9.17) is 4.74 Å². The number of imide groups is 1. The van der Waals surface area contributed by atoms with E-state index in [9.17, 15) is 19.2 Å². The van der Waals surface area contributed by atoms with Crippen LogP contribution in [-0.4, -0.2) is 54.3 Å². The van der Waals surface area contributed by atoms with Crippen molar-refractivity contribution in [3.63, 3.8) is 0 Å². The number of rotatable bonds is 7. The Balaban J connectivity index is 1.24. The van der Waals surface area contributed by atoms with Crippen LogP contribution in [0.5, 0.6) is 5.75 Å². The fourth-order valence-electron chi connectivity index (χ4n) is 4.48. The number of amides is 4. The molecule has 0 saturated carbocycles. The van der Waals surface area contributed by atoms with Gasteiger partial charge in [-0.05, 0) is 36.2 Å². The second kappa shape index (κ2) is 10.0. The van der Waals surface area contributed by atoms with Crippen molar-refractivity contribution in [3.05, 3.63) is 95.6 Å². The van der Waals surface area contributed by atoms with Gasteiger partial charge in [0.05, 0.1) is 23.4 Å². The SMILES string of the molecule is O=C(NCCc1ccccc1)[C@H]1CN(C(=O)CCN2C(=O)c3ccccc3C2=O)c2ccccc2O1. The first-order chi connectivity index (χ1) is 17.5. The molecule has 2 aliphatic heterocycles. The summed E-state index contributed by atoms with van der Waals surface area (Å²) in [4.78, 5) is 54.0. The monoisotopic (exact) mass is 483 g/mol. The number of hydrogen-bond acceptors (Lipinski definition) is 5. The van der Waals surface area contributed by atoms with Gasteiger partial charge in [0.25, 0.3) is 17.7 Å². The van der Waals surface area contributed by atoms with Crippen molar-refractivity contribution < 1.29 is 23.9 Å². The van der Waals surface area contributed by atoms with Gasteiger partial charge in [-0.2, -0.15) is 0 Å². The average Bonchev–Trinajstić information content (AvgIpc) is 3.16. The van der Waals surface area contributed by atoms with E-state index in [1.54, 1.807) is 48.5 Å². The molecular formula is C28H25N3O5. The zero-order chi connectivity index (χ0) is 25.1. The third-order valence-electron chi connectivity index (χ3n) is 6.35. The van der Waals surface area contributed by atoms with Gasteiger partial charge in [0.1, 0.15) is 5.75 Å². The average molecular weight is 484 g/mol. The second-order valence-corrected chi connectivity index (χ2v) is 8.66. The molecule has 0 bridgehead atoms. The van der Waals surface area contributed by atoms with Crippen molar-refractivity contribution in [2.45, 2.75) is 18.9 Å². The van der Waals surface area contributed by atoms with Crippen LogP contribution in [0.25, 0.3) is 0 Å². The Morgan fingerprint density at radius 3 is 2.22 bits per heavy atom. The molecule has 3 aromatic rings. The van der Waals surface area contributed by atoms with Crippen molar-refractivity contribution in [1.82, 2.24) is 10.2 Å². The molecule has 1 N–H and O–H groups in total. The summed E-state index contributed by atoms with van der Waals surface area (Å²) in [6, 6.07) is 23.5. The van der Waals surface area contributed by atoms with Crippen LogP contribution in [0, 0.1) is 0 Å². The summed E-state index contributed by atoms with van der Waals surface area (Å²) in [6.45, 7) is 0.436. The highest BCUT2D eigenvalue weighted by molar-refractivity contribution is 6.21. The first-order valence-electron chi connectivity index (χ1n) is 11.9. The molecule has 2 heterocycles. The number of carbonyl (C=O) groups is 4. The molecule has 5 rings (SSSR count). The van der Waals surface area contributed by atoms with E-state index in [0.29, 0.717) is 35.5 Å². The summed E-state index contributed by atoms with van der Waals surface area (Å²) in [6.07, 6.45) is -0.264. The molecule has 4 amide bonds. The largest absolute Gasteiger partial charge is 0.477 e. The van der Waals surface area contributed by atoms with Crippen LogP contribution in [0.1, 0.15) is 32.7 Å². The third-order valence-corrected chi connectivity index (χ3v) is 6.35. The lowest BCUT2D eigenvalue weighted by atomic mass is 10.1. The van der Waals surface area contributed by atoms with Crippen LogP contribution in [0.4, 0.5) is 5.69 Å². The molecule has 182 valence electrons. The Morgan fingerprint density at radius 2 is 1.50 bits per heavy atom. The number of hydrogen-bond donors (Lipinski definition) is 1. The Labute approximate surface area is 208 Å². The van der Waals surface area contributed by atoms with Gasteiger partial charge in [0.2, 0.25) is 5.91 Å². The molecule has 0 aromatic heterocycles. The molecule has 8 nitrogen and oxygen atoms in total. The first kappa shape index (κ1) is 23.3. The van der Waals surface area contributed by atoms with E-state index in [2.05, 4.69) is 5.32 Å². The summed E-state index contributed by atoms with van der Waals surface area (Å²) < 4.78 is 5.91. The molecular weight excluding hydrogens is 458 g/mol. The van der Waals surface area contributed by atoms with Gasteiger partial charge in [0.15, 0.2) is 6.10 Å². The second-order valence-electron chi connectivity index (χ2n) is 8.66. The van der Waals surface area contributed by atoms with Crippen molar-refractivity contribution >= 4 is 29.3 Å². The highest BCUT2D eigenvalue weighted by Gasteiger charge is 2.37. The van der Waals surface area contributed by atoms with Gasteiger partial charge >= 0.3 is 0 Å². The van der Waals surface area contributed by atoms with E-state index < -0.39 is 17.9 Å². The van der Waals surface area contributed by atoms with Crippen LogP contribution in [0.2, 0.25) is 0 Å². The van der Waals surface area contributed by atoms with E-state index >= 15 is 0 Å². The van der Waals surface area contributed by atoms with Crippen LogP contribution in [0.3, 0.4) is 0 Å². The summed E-state index contributed by atoms with van der Waals surface area (Å²) in [5, 5.41) is 2.89. The number of nitrogens with zero attached hydrogens (tertiary/aromatic N) is 2. The first-order valence-corrected chi connectivity index (χ1v) is 11.9. The normalized spacial score (nSPS) is 16.3. The molecule has 0 unspecified atom stereocenters. The maximum atomic E-state index is 13.3. The Kier molecular flexibility index (Phi) is 6.49. The van der Waals surface area contributed by atoms with Crippen molar-refractivity contribution in [3.8, 4) is 5.75 Å². The maximum Gasteiger partial charge on any atom is 0.262 e. The van der Waals surface area contributed by atoms with E-state index in [1.807, 2.05) is 30.3 Å². The van der Waals surface area contributed by atoms with Gasteiger partial charge in [-0.25, -0.2) is 0 Å². The number of nitrogens with one attached hydrogen (secondary N) is 1. The Morgan fingerprint density at radius 1 is 0.861 bits per heavy atom. The molecule has 3 aromatic carbocycles. The Hall–Kier alpha value is -4.46. The number of para-hydroxylation sites is 2. The minimum absolute atomic E-state index is 0.0368. The predicted molar refractivity (Wildman–Crippen MR) is 133 cm³/mol. The van der Waals surface area contributed by atoms with Gasteiger partial charge in [-0.15, -0.1) is 0 Å². The van der Waals surface area contributed by atoms with Crippen LogP contribution >= 0.6 is 0 Å². The summed E-state index contributed by atoms with van der Waals surface area (Å²) in [7, 11) is 0. The van der Waals surface area contributed by atoms with Crippen molar-refractivity contribution in [2.24, 2.45) is 0 Å². The van der Waals surface area contributed by atoms with E-state index in [1.165, 1.54) is 4.90 Å². The third kappa shape index (κ3) is 4.57. The summed E-state index contributed by atoms with van der Waals surface area (Å²) in [5.74, 6) is -0.980. The maximum absolute atomic E-state index is 13.3. The van der Waals surface area contributed by atoms with Crippen molar-refractivity contribution in [2.75, 3.05) is 24.5 Å². The van der Waals surface area contributed by atoms with Gasteiger partial charge < -0.3 is 15.0 Å². The summed E-state index contributed by atoms with van der Waals surface area (Å²) in [5.41, 5.74) is 2.36. The van der Waals surface area contributed by atoms with E-state index in [-0.39, 0.29) is 31.3 Å². The number of benzene rings is 3. The van der Waals surface area contributed by atoms with Gasteiger partial charge in [0, 0.05) is 19.5 Å². The van der Waals surface area contributed by atoms with E-state index in [0.717, 1.165) is 10.5 Å². The molecule has 0 saturated heterocycles. The zero-order valence-electron chi connectivity index (χ0n) is 19.6. The fraction of sp³-hybridized carbons (Fsp3) is 0.214. The smallest absolute Gasteiger partial charge is 0.262 e. The van der Waals surface area contributed by atoms with Crippen LogP contribution in [-0.2, 0) is 16.0 Å². The number of fused-ring (bicyclic) bond motifs is 2. The predicted octanol–water partition coefficient (Wildman–Crippen LogP) is 2.83. The summed E-state index contributed by atoms with van der Waals surface area (Å²) >= 11 is 0. The molecule has 0 fully saturated rings. The molecule has 0 radical (unpaired) electrons. The highest BCUT2D eigenvalue weighted by atomic mass is 16.5. The van der Waals surface area contributed by atoms with Gasteiger partial charge in [-0.3, -0.25) is 24.1 Å². The molecule has 8 heteroatoms. The lowest BCUT2D eigenvalue weighted by Crippen LogP contribution is -2.51. The quantitative estimate of drug-likeness (QED) is 0.522. The molecule has 0 aliphatic carbocycles. The van der Waals surface area contributed by atoms with Crippen LogP contribution < -0.4 is 15.0 Å². The number of carbonyl (C=O) groups excluding carboxylic acids is 4. The van der Waals surface area contributed by atoms with Gasteiger partial charge in [-0.1, -0.05) is 54.6 Å². The number of ether oxygens (including phenoxy) is 1. The number of anilines is 1. The molecule has 2 aliphatic rings. The lowest BCUT2D eigenvalue weighted by molar-refractivity contribution is -0.128. The highest BCUT2D eigenvalue weighted by Crippen LogP contribution is 2.34. The molecule has 36 heavy (non-hydrogen) atoms. The minimum atomic E-state index is -0.876. The Bertz CT molecular complexity index is 1290. The minimum Gasteiger partial charge on any atom is -0.477 e. The van der Waals surface area contributed by atoms with Crippen molar-refractivity contribution in [1.29, 1.82) is 0 Å². The molecule has 0 spiro atoms. The fourth-order valence-corrected chi connectivity index (χ4v) is 4.48. The zero-order valence-corrected chi connectivity index (χ0v) is 19.6. The van der Waals surface area contributed by atoms with Crippen LogP contribution in [0.15, 0.2) is 78.9 Å². The lowest BCUT2D eigenvalue weighted by Gasteiger charge is -2.34. The topological polar surface area (TPSA) is 96.0 Å². The molecule has 1 atom stereocenters. The standard InChI is InChI=1S/C28H25N3O5/c32-25(15-17-30-27(34)20-10-4-5-11-21(20)28(30)35)31-18-24(36-23-13-7-6-12-22(23)31)26(33)29-16-14-19-8-2-1-3-9-19/h1-13,24H,14-18H2,(H,29,33)/t24-/m1/s1.